The SMILES string of the molecule is CCC(C)CN(CC)c1c(C(N)=S)cnc2ccccc12. The van der Waals surface area contributed by atoms with E-state index in [2.05, 4.69) is 36.7 Å². The Kier molecular flexibility index (Phi) is 5.12. The minimum atomic E-state index is 0.408. The molecule has 112 valence electrons. The fraction of sp³-hybridized carbons (Fsp3) is 0.412. The van der Waals surface area contributed by atoms with Crippen LogP contribution in [0.4, 0.5) is 5.69 Å². The molecule has 0 saturated carbocycles. The number of hydrogen-bond acceptors (Lipinski definition) is 3. The first-order valence-electron chi connectivity index (χ1n) is 7.50. The fourth-order valence-corrected chi connectivity index (χ4v) is 2.68. The van der Waals surface area contributed by atoms with Gasteiger partial charge in [0.05, 0.1) is 16.8 Å². The molecule has 1 aromatic heterocycles. The highest BCUT2D eigenvalue weighted by atomic mass is 32.1. The van der Waals surface area contributed by atoms with Crippen LogP contribution in [0.2, 0.25) is 0 Å². The van der Waals surface area contributed by atoms with Crippen LogP contribution in [0.5, 0.6) is 0 Å². The molecule has 1 unspecified atom stereocenters. The average molecular weight is 301 g/mol. The highest BCUT2D eigenvalue weighted by molar-refractivity contribution is 7.80. The maximum atomic E-state index is 5.93. The Balaban J connectivity index is 2.61. The lowest BCUT2D eigenvalue weighted by Gasteiger charge is -2.29. The van der Waals surface area contributed by atoms with Crippen molar-refractivity contribution in [2.75, 3.05) is 18.0 Å². The number of benzene rings is 1. The van der Waals surface area contributed by atoms with E-state index in [-0.39, 0.29) is 0 Å². The second-order valence-electron chi connectivity index (χ2n) is 5.45. The number of thiocarbonyl (C=S) groups is 1. The van der Waals surface area contributed by atoms with Crippen molar-refractivity contribution in [3.8, 4) is 0 Å². The maximum absolute atomic E-state index is 5.93. The van der Waals surface area contributed by atoms with E-state index in [9.17, 15) is 0 Å². The molecule has 21 heavy (non-hydrogen) atoms. The first-order valence-corrected chi connectivity index (χ1v) is 7.91. The molecule has 0 aliphatic rings. The minimum absolute atomic E-state index is 0.408. The van der Waals surface area contributed by atoms with E-state index < -0.39 is 0 Å². The first-order chi connectivity index (χ1) is 10.1. The van der Waals surface area contributed by atoms with E-state index in [0.717, 1.165) is 41.7 Å². The Hall–Kier alpha value is -1.68. The Morgan fingerprint density at radius 2 is 2.05 bits per heavy atom. The summed E-state index contributed by atoms with van der Waals surface area (Å²) in [5, 5.41) is 1.12. The van der Waals surface area contributed by atoms with Gasteiger partial charge in [-0.2, -0.15) is 0 Å². The van der Waals surface area contributed by atoms with E-state index in [1.54, 1.807) is 6.20 Å². The quantitative estimate of drug-likeness (QED) is 0.825. The minimum Gasteiger partial charge on any atom is -0.389 e. The summed E-state index contributed by atoms with van der Waals surface area (Å²) in [4.78, 5) is 7.26. The zero-order chi connectivity index (χ0) is 15.4. The standard InChI is InChI=1S/C17H23N3S/c1-4-12(3)11-20(5-2)16-13-8-6-7-9-15(13)19-10-14(16)17(18)21/h6-10,12H,4-5,11H2,1-3H3,(H2,18,21). The molecule has 2 aromatic rings. The van der Waals surface area contributed by atoms with Crippen LogP contribution in [0, 0.1) is 5.92 Å². The molecule has 2 N–H and O–H groups in total. The molecule has 0 spiro atoms. The predicted molar refractivity (Wildman–Crippen MR) is 95.0 cm³/mol. The Morgan fingerprint density at radius 3 is 2.67 bits per heavy atom. The highest BCUT2D eigenvalue weighted by Crippen LogP contribution is 2.30. The second-order valence-corrected chi connectivity index (χ2v) is 5.89. The summed E-state index contributed by atoms with van der Waals surface area (Å²) in [5.41, 5.74) is 8.90. The number of rotatable bonds is 6. The second kappa shape index (κ2) is 6.85. The topological polar surface area (TPSA) is 42.1 Å². The van der Waals surface area contributed by atoms with Gasteiger partial charge in [-0.3, -0.25) is 4.98 Å². The number of pyridine rings is 1. The molecule has 2 rings (SSSR count). The molecule has 1 atom stereocenters. The summed E-state index contributed by atoms with van der Waals surface area (Å²) in [7, 11) is 0. The summed E-state index contributed by atoms with van der Waals surface area (Å²) < 4.78 is 0. The third kappa shape index (κ3) is 3.32. The number of nitrogens with two attached hydrogens (primary N) is 1. The molecule has 0 saturated heterocycles. The van der Waals surface area contributed by atoms with E-state index in [4.69, 9.17) is 18.0 Å². The smallest absolute Gasteiger partial charge is 0.107 e. The van der Waals surface area contributed by atoms with Crippen molar-refractivity contribution < 1.29 is 0 Å². The molecular formula is C17H23N3S. The largest absolute Gasteiger partial charge is 0.389 e. The van der Waals surface area contributed by atoms with Crippen molar-refractivity contribution in [3.63, 3.8) is 0 Å². The van der Waals surface area contributed by atoms with Gasteiger partial charge in [0.25, 0.3) is 0 Å². The molecule has 0 bridgehead atoms. The van der Waals surface area contributed by atoms with Crippen LogP contribution in [-0.4, -0.2) is 23.1 Å². The molecule has 0 fully saturated rings. The van der Waals surface area contributed by atoms with Crippen molar-refractivity contribution in [2.45, 2.75) is 27.2 Å². The lowest BCUT2D eigenvalue weighted by Crippen LogP contribution is -2.30. The van der Waals surface area contributed by atoms with Gasteiger partial charge >= 0.3 is 0 Å². The maximum Gasteiger partial charge on any atom is 0.107 e. The van der Waals surface area contributed by atoms with Crippen molar-refractivity contribution in [1.29, 1.82) is 0 Å². The van der Waals surface area contributed by atoms with Gasteiger partial charge in [0.15, 0.2) is 0 Å². The van der Waals surface area contributed by atoms with Crippen molar-refractivity contribution in [2.24, 2.45) is 11.7 Å². The number of nitrogens with zero attached hydrogens (tertiary/aromatic N) is 2. The van der Waals surface area contributed by atoms with Crippen LogP contribution in [0.1, 0.15) is 32.8 Å². The van der Waals surface area contributed by atoms with Crippen LogP contribution >= 0.6 is 12.2 Å². The van der Waals surface area contributed by atoms with Gasteiger partial charge in [0, 0.05) is 24.7 Å². The van der Waals surface area contributed by atoms with Gasteiger partial charge in [-0.15, -0.1) is 0 Å². The molecule has 3 nitrogen and oxygen atoms in total. The fourth-order valence-electron chi connectivity index (χ4n) is 2.53. The van der Waals surface area contributed by atoms with E-state index in [1.165, 1.54) is 0 Å². The van der Waals surface area contributed by atoms with Gasteiger partial charge in [0.2, 0.25) is 0 Å². The van der Waals surface area contributed by atoms with E-state index in [1.807, 2.05) is 18.2 Å². The van der Waals surface area contributed by atoms with Gasteiger partial charge in [-0.1, -0.05) is 50.7 Å². The zero-order valence-electron chi connectivity index (χ0n) is 13.0. The summed E-state index contributed by atoms with van der Waals surface area (Å²) in [6.07, 6.45) is 2.96. The lowest BCUT2D eigenvalue weighted by atomic mass is 10.0. The molecule has 0 radical (unpaired) electrons. The van der Waals surface area contributed by atoms with Crippen LogP contribution in [-0.2, 0) is 0 Å². The summed E-state index contributed by atoms with van der Waals surface area (Å²) >= 11 is 5.23. The monoisotopic (exact) mass is 301 g/mol. The summed E-state index contributed by atoms with van der Waals surface area (Å²) in [5.74, 6) is 0.621. The molecule has 0 aliphatic carbocycles. The molecule has 0 aliphatic heterocycles. The predicted octanol–water partition coefficient (Wildman–Crippen LogP) is 3.74. The molecular weight excluding hydrogens is 278 g/mol. The Morgan fingerprint density at radius 1 is 1.33 bits per heavy atom. The molecule has 0 amide bonds. The highest BCUT2D eigenvalue weighted by Gasteiger charge is 2.17. The number of aromatic nitrogens is 1. The number of hydrogen-bond donors (Lipinski definition) is 1. The van der Waals surface area contributed by atoms with Crippen LogP contribution in [0.3, 0.4) is 0 Å². The van der Waals surface area contributed by atoms with Crippen LogP contribution in [0.15, 0.2) is 30.5 Å². The molecule has 1 aromatic carbocycles. The van der Waals surface area contributed by atoms with Crippen molar-refractivity contribution >= 4 is 33.8 Å². The van der Waals surface area contributed by atoms with E-state index >= 15 is 0 Å². The van der Waals surface area contributed by atoms with Gasteiger partial charge in [-0.05, 0) is 18.9 Å². The van der Waals surface area contributed by atoms with Crippen molar-refractivity contribution in [3.05, 3.63) is 36.0 Å². The Bertz CT molecular complexity index is 639. The third-order valence-electron chi connectivity index (χ3n) is 3.94. The average Bonchev–Trinajstić information content (AvgIpc) is 2.51. The zero-order valence-corrected chi connectivity index (χ0v) is 13.8. The summed E-state index contributed by atoms with van der Waals surface area (Å²) in [6, 6.07) is 8.16. The van der Waals surface area contributed by atoms with Gasteiger partial charge in [0.1, 0.15) is 4.99 Å². The number of para-hydroxylation sites is 1. The lowest BCUT2D eigenvalue weighted by molar-refractivity contribution is 0.548. The van der Waals surface area contributed by atoms with Gasteiger partial charge in [-0.25, -0.2) is 0 Å². The first kappa shape index (κ1) is 15.7. The van der Waals surface area contributed by atoms with E-state index in [0.29, 0.717) is 10.9 Å². The normalized spacial score (nSPS) is 12.3. The van der Waals surface area contributed by atoms with Gasteiger partial charge < -0.3 is 10.6 Å². The summed E-state index contributed by atoms with van der Waals surface area (Å²) in [6.45, 7) is 8.58. The number of fused-ring (bicyclic) bond motifs is 1. The van der Waals surface area contributed by atoms with Crippen molar-refractivity contribution in [1.82, 2.24) is 4.98 Å². The molecule has 4 heteroatoms. The third-order valence-corrected chi connectivity index (χ3v) is 4.16. The molecule has 1 heterocycles. The van der Waals surface area contributed by atoms with Crippen LogP contribution in [0.25, 0.3) is 10.9 Å². The Labute approximate surface area is 132 Å². The van der Waals surface area contributed by atoms with Crippen LogP contribution < -0.4 is 10.6 Å². The number of anilines is 1.